The van der Waals surface area contributed by atoms with Gasteiger partial charge in [-0.3, -0.25) is 0 Å². The molecular weight excluding hydrogens is 455 g/mol. The van der Waals surface area contributed by atoms with Crippen LogP contribution in [0.3, 0.4) is 0 Å². The van der Waals surface area contributed by atoms with Gasteiger partial charge in [-0.2, -0.15) is 5.10 Å². The maximum atomic E-state index is 15.4. The van der Waals surface area contributed by atoms with E-state index in [2.05, 4.69) is 25.4 Å². The van der Waals surface area contributed by atoms with Crippen molar-refractivity contribution in [3.8, 4) is 0 Å². The number of morpholine rings is 1. The van der Waals surface area contributed by atoms with E-state index in [0.29, 0.717) is 18.5 Å². The molecule has 2 aliphatic rings. The van der Waals surface area contributed by atoms with E-state index >= 15 is 4.39 Å². The summed E-state index contributed by atoms with van der Waals surface area (Å²) in [5.74, 6) is -2.96. The van der Waals surface area contributed by atoms with E-state index in [1.807, 2.05) is 13.0 Å². The number of pyridine rings is 1. The number of nitrogens with one attached hydrogen (secondary N) is 1. The molecule has 0 spiro atoms. The zero-order valence-corrected chi connectivity index (χ0v) is 20.6. The van der Waals surface area contributed by atoms with E-state index in [1.54, 1.807) is 13.1 Å². The van der Waals surface area contributed by atoms with Crippen molar-refractivity contribution in [1.29, 1.82) is 0 Å². The van der Waals surface area contributed by atoms with Crippen molar-refractivity contribution in [1.82, 2.24) is 15.2 Å². The highest BCUT2D eigenvalue weighted by molar-refractivity contribution is 5.94. The quantitative estimate of drug-likeness (QED) is 0.496. The lowest BCUT2D eigenvalue weighted by atomic mass is 9.82. The molecule has 0 unspecified atom stereocenters. The Morgan fingerprint density at radius 2 is 1.94 bits per heavy atom. The maximum Gasteiger partial charge on any atom is 0.280 e. The van der Waals surface area contributed by atoms with Gasteiger partial charge in [0.1, 0.15) is 11.6 Å². The summed E-state index contributed by atoms with van der Waals surface area (Å²) in [5.41, 5.74) is -1.16. The number of aryl methyl sites for hydroxylation is 1. The lowest BCUT2D eigenvalue weighted by molar-refractivity contribution is -0.107. The summed E-state index contributed by atoms with van der Waals surface area (Å²) in [7, 11) is 0. The lowest BCUT2D eigenvalue weighted by Crippen LogP contribution is -2.37. The smallest absolute Gasteiger partial charge is 0.280 e. The average molecular weight is 486 g/mol. The van der Waals surface area contributed by atoms with Crippen molar-refractivity contribution < 1.29 is 17.9 Å². The molecule has 6 nitrogen and oxygen atoms in total. The van der Waals surface area contributed by atoms with Crippen LogP contribution in [-0.4, -0.2) is 40.5 Å². The number of anilines is 2. The lowest BCUT2D eigenvalue weighted by Gasteiger charge is -2.31. The molecule has 2 saturated heterocycles. The number of aromatic nitrogens is 3. The van der Waals surface area contributed by atoms with Crippen LogP contribution in [0.1, 0.15) is 57.0 Å². The minimum absolute atomic E-state index is 0.144. The van der Waals surface area contributed by atoms with Crippen molar-refractivity contribution in [2.45, 2.75) is 65.1 Å². The van der Waals surface area contributed by atoms with Crippen LogP contribution >= 0.6 is 0 Å². The largest absolute Gasteiger partial charge is 0.374 e. The highest BCUT2D eigenvalue weighted by Gasteiger charge is 2.47. The van der Waals surface area contributed by atoms with Gasteiger partial charge in [-0.05, 0) is 26.3 Å². The third-order valence-corrected chi connectivity index (χ3v) is 7.16. The second-order valence-electron chi connectivity index (χ2n) is 10.6. The summed E-state index contributed by atoms with van der Waals surface area (Å²) in [4.78, 5) is 6.90. The fourth-order valence-electron chi connectivity index (χ4n) is 4.92. The first-order valence-corrected chi connectivity index (χ1v) is 11.9. The first kappa shape index (κ1) is 23.8. The summed E-state index contributed by atoms with van der Waals surface area (Å²) in [6, 6.07) is 5.79. The molecule has 186 valence electrons. The average Bonchev–Trinajstić information content (AvgIpc) is 3.44. The predicted octanol–water partition coefficient (Wildman–Crippen LogP) is 5.76. The Morgan fingerprint density at radius 3 is 2.60 bits per heavy atom. The van der Waals surface area contributed by atoms with E-state index < -0.39 is 28.8 Å². The number of alkyl halides is 2. The molecule has 2 bridgehead atoms. The van der Waals surface area contributed by atoms with Crippen LogP contribution in [0, 0.1) is 18.2 Å². The van der Waals surface area contributed by atoms with E-state index in [9.17, 15) is 8.78 Å². The summed E-state index contributed by atoms with van der Waals surface area (Å²) in [6.07, 6.45) is 3.00. The Balaban J connectivity index is 1.49. The van der Waals surface area contributed by atoms with Crippen LogP contribution in [0.5, 0.6) is 0 Å². The second kappa shape index (κ2) is 8.33. The van der Waals surface area contributed by atoms with Crippen molar-refractivity contribution >= 4 is 22.4 Å². The molecule has 2 aromatic heterocycles. The predicted molar refractivity (Wildman–Crippen MR) is 129 cm³/mol. The van der Waals surface area contributed by atoms with Crippen molar-refractivity contribution in [2.24, 2.45) is 5.41 Å². The SMILES string of the molecule is Cc1nnc(N[C@H](C)c2cccc(C(F)(F)C(C)(C)C)c2F)c2cc(N3C[C@H]4C[C@@H]3CO4)ncc12. The van der Waals surface area contributed by atoms with Crippen molar-refractivity contribution in [3.05, 3.63) is 53.1 Å². The zero-order chi connectivity index (χ0) is 25.1. The third-order valence-electron chi connectivity index (χ3n) is 7.16. The number of benzene rings is 1. The normalized spacial score (nSPS) is 21.1. The Kier molecular flexibility index (Phi) is 5.66. The summed E-state index contributed by atoms with van der Waals surface area (Å²) >= 11 is 0. The number of halogens is 3. The molecule has 5 rings (SSSR count). The number of ether oxygens (including phenoxy) is 1. The topological polar surface area (TPSA) is 63.2 Å². The highest BCUT2D eigenvalue weighted by atomic mass is 19.3. The molecule has 0 amide bonds. The first-order chi connectivity index (χ1) is 16.5. The Morgan fingerprint density at radius 1 is 1.17 bits per heavy atom. The molecular formula is C26H30F3N5O. The monoisotopic (exact) mass is 485 g/mol. The number of rotatable bonds is 5. The van der Waals surface area contributed by atoms with Gasteiger partial charge in [0.05, 0.1) is 36.1 Å². The van der Waals surface area contributed by atoms with Gasteiger partial charge in [0.25, 0.3) is 5.92 Å². The molecule has 0 saturated carbocycles. The minimum atomic E-state index is -3.33. The third kappa shape index (κ3) is 3.99. The van der Waals surface area contributed by atoms with Gasteiger partial charge in [0.2, 0.25) is 0 Å². The van der Waals surface area contributed by atoms with Gasteiger partial charge in [0.15, 0.2) is 5.82 Å². The van der Waals surface area contributed by atoms with Crippen LogP contribution in [-0.2, 0) is 10.7 Å². The van der Waals surface area contributed by atoms with Gasteiger partial charge in [-0.15, -0.1) is 5.10 Å². The van der Waals surface area contributed by atoms with Crippen LogP contribution < -0.4 is 10.2 Å². The molecule has 2 fully saturated rings. The Bertz CT molecular complexity index is 1280. The van der Waals surface area contributed by atoms with Crippen LogP contribution in [0.2, 0.25) is 0 Å². The molecule has 1 aromatic carbocycles. The van der Waals surface area contributed by atoms with E-state index in [-0.39, 0.29) is 11.7 Å². The maximum absolute atomic E-state index is 15.4. The highest BCUT2D eigenvalue weighted by Crippen LogP contribution is 2.46. The molecule has 4 heterocycles. The van der Waals surface area contributed by atoms with Crippen LogP contribution in [0.4, 0.5) is 24.8 Å². The molecule has 2 aliphatic heterocycles. The van der Waals surface area contributed by atoms with Crippen LogP contribution in [0.25, 0.3) is 10.8 Å². The summed E-state index contributed by atoms with van der Waals surface area (Å²) in [5, 5.41) is 13.4. The van der Waals surface area contributed by atoms with Crippen molar-refractivity contribution in [3.63, 3.8) is 0 Å². The molecule has 1 N–H and O–H groups in total. The van der Waals surface area contributed by atoms with Gasteiger partial charge in [-0.1, -0.05) is 39.0 Å². The zero-order valence-electron chi connectivity index (χ0n) is 20.6. The minimum Gasteiger partial charge on any atom is -0.374 e. The molecule has 35 heavy (non-hydrogen) atoms. The number of nitrogens with zero attached hydrogens (tertiary/aromatic N) is 4. The van der Waals surface area contributed by atoms with Gasteiger partial charge >= 0.3 is 0 Å². The molecule has 3 atom stereocenters. The second-order valence-corrected chi connectivity index (χ2v) is 10.6. The molecule has 9 heteroatoms. The first-order valence-electron chi connectivity index (χ1n) is 11.9. The number of hydrogen-bond acceptors (Lipinski definition) is 6. The standard InChI is InChI=1S/C26H30F3N5O/c1-14(18-7-6-8-21(23(18)27)26(28,29)25(3,4)5)31-24-19-10-22(30-11-20(19)15(2)32-33-24)34-12-17-9-16(34)13-35-17/h6-8,10-11,14,16-17H,9,12-13H2,1-5H3,(H,31,33)/t14-,16-,17-/m1/s1. The van der Waals surface area contributed by atoms with Gasteiger partial charge in [0, 0.05) is 34.5 Å². The summed E-state index contributed by atoms with van der Waals surface area (Å²) in [6.45, 7) is 9.27. The van der Waals surface area contributed by atoms with E-state index in [4.69, 9.17) is 4.74 Å². The van der Waals surface area contributed by atoms with E-state index in [0.717, 1.165) is 41.3 Å². The fraction of sp³-hybridized carbons (Fsp3) is 0.500. The Labute approximate surface area is 202 Å². The van der Waals surface area contributed by atoms with E-state index in [1.165, 1.54) is 32.9 Å². The molecule has 3 aromatic rings. The summed E-state index contributed by atoms with van der Waals surface area (Å²) < 4.78 is 51.1. The fourth-order valence-corrected chi connectivity index (χ4v) is 4.92. The van der Waals surface area contributed by atoms with Crippen molar-refractivity contribution in [2.75, 3.05) is 23.4 Å². The Hall–Kier alpha value is -2.94. The van der Waals surface area contributed by atoms with Gasteiger partial charge in [-0.25, -0.2) is 18.2 Å². The van der Waals surface area contributed by atoms with Crippen LogP contribution in [0.15, 0.2) is 30.5 Å². The molecule has 0 aliphatic carbocycles. The molecule has 0 radical (unpaired) electrons. The van der Waals surface area contributed by atoms with Gasteiger partial charge < -0.3 is 15.0 Å². The number of hydrogen-bond donors (Lipinski definition) is 1. The number of fused-ring (bicyclic) bond motifs is 3.